The minimum Gasteiger partial charge on any atom is -0.383 e. The molecular weight excluding hydrogens is 380 g/mol. The van der Waals surface area contributed by atoms with Crippen molar-refractivity contribution in [1.82, 2.24) is 19.8 Å². The zero-order valence-corrected chi connectivity index (χ0v) is 17.1. The van der Waals surface area contributed by atoms with Gasteiger partial charge in [0.2, 0.25) is 0 Å². The number of rotatable bonds is 6. The number of pyridine rings is 1. The minimum atomic E-state index is -0.130. The van der Waals surface area contributed by atoms with Crippen LogP contribution in [0.15, 0.2) is 48.8 Å². The van der Waals surface area contributed by atoms with Crippen LogP contribution in [0.1, 0.15) is 40.0 Å². The summed E-state index contributed by atoms with van der Waals surface area (Å²) in [5, 5.41) is 3.72. The summed E-state index contributed by atoms with van der Waals surface area (Å²) >= 11 is 0. The summed E-state index contributed by atoms with van der Waals surface area (Å²) in [6.07, 6.45) is 6.92. The monoisotopic (exact) mass is 406 g/mol. The van der Waals surface area contributed by atoms with E-state index in [0.717, 1.165) is 42.7 Å². The molecule has 0 unspecified atom stereocenters. The van der Waals surface area contributed by atoms with Crippen LogP contribution in [0.25, 0.3) is 16.7 Å². The van der Waals surface area contributed by atoms with Crippen LogP contribution in [0.3, 0.4) is 0 Å². The molecule has 0 aliphatic carbocycles. The molecule has 0 atom stereocenters. The SMILES string of the molecule is COCCNC(=O)c1ccc(-n2ccc3cc(C(=O)N4CCCCC4)cnc32)cc1. The average Bonchev–Trinajstić information content (AvgIpc) is 3.22. The van der Waals surface area contributed by atoms with Crippen LogP contribution in [0.4, 0.5) is 0 Å². The third kappa shape index (κ3) is 4.21. The second kappa shape index (κ2) is 9.09. The fourth-order valence-electron chi connectivity index (χ4n) is 3.77. The lowest BCUT2D eigenvalue weighted by Gasteiger charge is -2.26. The Morgan fingerprint density at radius 3 is 2.57 bits per heavy atom. The highest BCUT2D eigenvalue weighted by atomic mass is 16.5. The summed E-state index contributed by atoms with van der Waals surface area (Å²) in [4.78, 5) is 31.4. The molecule has 0 spiro atoms. The average molecular weight is 406 g/mol. The molecule has 0 radical (unpaired) electrons. The van der Waals surface area contributed by atoms with Crippen LogP contribution < -0.4 is 5.32 Å². The van der Waals surface area contributed by atoms with Gasteiger partial charge in [-0.05, 0) is 55.7 Å². The number of nitrogens with one attached hydrogen (secondary N) is 1. The molecule has 4 rings (SSSR count). The number of carbonyl (C=O) groups excluding carboxylic acids is 2. The number of amides is 2. The largest absolute Gasteiger partial charge is 0.383 e. The number of piperidine rings is 1. The predicted molar refractivity (Wildman–Crippen MR) is 115 cm³/mol. The van der Waals surface area contributed by atoms with Crippen molar-refractivity contribution < 1.29 is 14.3 Å². The van der Waals surface area contributed by atoms with Crippen molar-refractivity contribution in [1.29, 1.82) is 0 Å². The van der Waals surface area contributed by atoms with Gasteiger partial charge < -0.3 is 19.5 Å². The summed E-state index contributed by atoms with van der Waals surface area (Å²) < 4.78 is 6.90. The van der Waals surface area contributed by atoms with Gasteiger partial charge in [-0.1, -0.05) is 0 Å². The molecule has 7 nitrogen and oxygen atoms in total. The molecule has 3 heterocycles. The van der Waals surface area contributed by atoms with Crippen molar-refractivity contribution in [3.63, 3.8) is 0 Å². The fraction of sp³-hybridized carbons (Fsp3) is 0.348. The summed E-state index contributed by atoms with van der Waals surface area (Å²) in [5.41, 5.74) is 2.91. The van der Waals surface area contributed by atoms with Crippen molar-refractivity contribution in [3.05, 3.63) is 59.9 Å². The van der Waals surface area contributed by atoms with E-state index >= 15 is 0 Å². The highest BCUT2D eigenvalue weighted by Gasteiger charge is 2.19. The number of hydrogen-bond acceptors (Lipinski definition) is 4. The van der Waals surface area contributed by atoms with Gasteiger partial charge in [-0.3, -0.25) is 9.59 Å². The molecule has 2 aromatic heterocycles. The first-order valence-electron chi connectivity index (χ1n) is 10.3. The first-order valence-corrected chi connectivity index (χ1v) is 10.3. The molecule has 0 saturated carbocycles. The van der Waals surface area contributed by atoms with Crippen molar-refractivity contribution >= 4 is 22.8 Å². The Bertz CT molecular complexity index is 1040. The number of fused-ring (bicyclic) bond motifs is 1. The second-order valence-corrected chi connectivity index (χ2v) is 7.47. The van der Waals surface area contributed by atoms with E-state index in [0.29, 0.717) is 24.3 Å². The molecule has 1 saturated heterocycles. The van der Waals surface area contributed by atoms with Gasteiger partial charge in [0.1, 0.15) is 5.65 Å². The van der Waals surface area contributed by atoms with Crippen LogP contribution in [-0.4, -0.2) is 59.6 Å². The van der Waals surface area contributed by atoms with Gasteiger partial charge in [0.25, 0.3) is 11.8 Å². The van der Waals surface area contributed by atoms with E-state index in [9.17, 15) is 9.59 Å². The maximum atomic E-state index is 12.7. The molecule has 1 aromatic carbocycles. The Kier molecular flexibility index (Phi) is 6.09. The smallest absolute Gasteiger partial charge is 0.255 e. The molecule has 1 aliphatic heterocycles. The molecule has 156 valence electrons. The Hall–Kier alpha value is -3.19. The highest BCUT2D eigenvalue weighted by Crippen LogP contribution is 2.21. The molecule has 30 heavy (non-hydrogen) atoms. The van der Waals surface area contributed by atoms with E-state index in [1.54, 1.807) is 25.4 Å². The molecule has 1 N–H and O–H groups in total. The van der Waals surface area contributed by atoms with Gasteiger partial charge in [-0.15, -0.1) is 0 Å². The number of benzene rings is 1. The van der Waals surface area contributed by atoms with Crippen LogP contribution in [-0.2, 0) is 4.74 Å². The lowest BCUT2D eigenvalue weighted by molar-refractivity contribution is 0.0724. The molecular formula is C23H26N4O3. The first-order chi connectivity index (χ1) is 14.7. The third-order valence-corrected chi connectivity index (χ3v) is 5.42. The standard InChI is InChI=1S/C23H26N4O3/c1-30-14-10-24-22(28)17-5-7-20(8-6-17)27-13-9-18-15-19(16-25-21(18)27)23(29)26-11-3-2-4-12-26/h5-9,13,15-16H,2-4,10-12,14H2,1H3,(H,24,28). The summed E-state index contributed by atoms with van der Waals surface area (Å²) in [7, 11) is 1.60. The van der Waals surface area contributed by atoms with Crippen LogP contribution in [0, 0.1) is 0 Å². The van der Waals surface area contributed by atoms with E-state index in [1.807, 2.05) is 39.9 Å². The number of nitrogens with zero attached hydrogens (tertiary/aromatic N) is 3. The summed E-state index contributed by atoms with van der Waals surface area (Å²) in [6, 6.07) is 11.2. The van der Waals surface area contributed by atoms with E-state index < -0.39 is 0 Å². The fourth-order valence-corrected chi connectivity index (χ4v) is 3.77. The van der Waals surface area contributed by atoms with E-state index in [4.69, 9.17) is 4.74 Å². The first kappa shape index (κ1) is 20.1. The van der Waals surface area contributed by atoms with Gasteiger partial charge in [-0.25, -0.2) is 4.98 Å². The van der Waals surface area contributed by atoms with Crippen LogP contribution in [0.2, 0.25) is 0 Å². The number of methoxy groups -OCH3 is 1. The lowest BCUT2D eigenvalue weighted by Crippen LogP contribution is -2.35. The lowest BCUT2D eigenvalue weighted by atomic mass is 10.1. The van der Waals surface area contributed by atoms with Gasteiger partial charge in [0.05, 0.1) is 12.2 Å². The number of hydrogen-bond donors (Lipinski definition) is 1. The van der Waals surface area contributed by atoms with Gasteiger partial charge >= 0.3 is 0 Å². The zero-order chi connectivity index (χ0) is 20.9. The predicted octanol–water partition coefficient (Wildman–Crippen LogP) is 3.03. The van der Waals surface area contributed by atoms with Crippen molar-refractivity contribution in [2.45, 2.75) is 19.3 Å². The van der Waals surface area contributed by atoms with E-state index in [-0.39, 0.29) is 11.8 Å². The zero-order valence-electron chi connectivity index (χ0n) is 17.1. The van der Waals surface area contributed by atoms with Crippen molar-refractivity contribution in [2.24, 2.45) is 0 Å². The topological polar surface area (TPSA) is 76.5 Å². The molecule has 7 heteroatoms. The Morgan fingerprint density at radius 2 is 1.83 bits per heavy atom. The van der Waals surface area contributed by atoms with Crippen molar-refractivity contribution in [2.75, 3.05) is 33.4 Å². The molecule has 2 amide bonds. The minimum absolute atomic E-state index is 0.0562. The number of ether oxygens (including phenoxy) is 1. The van der Waals surface area contributed by atoms with Crippen molar-refractivity contribution in [3.8, 4) is 5.69 Å². The second-order valence-electron chi connectivity index (χ2n) is 7.47. The molecule has 1 aliphatic rings. The Morgan fingerprint density at radius 1 is 1.07 bits per heavy atom. The van der Waals surface area contributed by atoms with E-state index in [1.165, 1.54) is 6.42 Å². The van der Waals surface area contributed by atoms with Crippen LogP contribution >= 0.6 is 0 Å². The molecule has 1 fully saturated rings. The maximum Gasteiger partial charge on any atom is 0.255 e. The highest BCUT2D eigenvalue weighted by molar-refractivity contribution is 5.97. The van der Waals surface area contributed by atoms with Gasteiger partial charge in [0, 0.05) is 55.8 Å². The maximum absolute atomic E-state index is 12.7. The van der Waals surface area contributed by atoms with E-state index in [2.05, 4.69) is 10.3 Å². The number of likely N-dealkylation sites (tertiary alicyclic amines) is 1. The van der Waals surface area contributed by atoms with Gasteiger partial charge in [-0.2, -0.15) is 0 Å². The normalized spacial score (nSPS) is 14.1. The summed E-state index contributed by atoms with van der Waals surface area (Å²) in [6.45, 7) is 2.60. The number of carbonyl (C=O) groups is 2. The molecule has 0 bridgehead atoms. The Labute approximate surface area is 175 Å². The summed E-state index contributed by atoms with van der Waals surface area (Å²) in [5.74, 6) is -0.0735. The van der Waals surface area contributed by atoms with Crippen LogP contribution in [0.5, 0.6) is 0 Å². The Balaban J connectivity index is 1.52. The van der Waals surface area contributed by atoms with Gasteiger partial charge in [0.15, 0.2) is 0 Å². The molecule has 3 aromatic rings. The number of aromatic nitrogens is 2. The quantitative estimate of drug-likeness (QED) is 0.639. The third-order valence-electron chi connectivity index (χ3n) is 5.42.